The molecule has 1 heterocycles. The minimum atomic E-state index is -1.00. The number of carbonyl (C=O) groups excluding carboxylic acids is 2. The van der Waals surface area contributed by atoms with E-state index in [0.29, 0.717) is 17.1 Å². The Kier molecular flexibility index (Phi) is 5.41. The number of nitrogens with one attached hydrogen (secondary N) is 2. The lowest BCUT2D eigenvalue weighted by molar-refractivity contribution is -0.143. The van der Waals surface area contributed by atoms with E-state index in [1.54, 1.807) is 31.2 Å². The van der Waals surface area contributed by atoms with Gasteiger partial charge < -0.3 is 19.5 Å². The molecular weight excluding hydrogens is 314 g/mol. The van der Waals surface area contributed by atoms with Crippen molar-refractivity contribution >= 4 is 11.9 Å². The van der Waals surface area contributed by atoms with Crippen molar-refractivity contribution in [3.63, 3.8) is 0 Å². The SMILES string of the molecule is COC(=O)C(NC(=O)c1cc(C)[nH]n1)c1ccc(OC)c(OC)c1. The summed E-state index contributed by atoms with van der Waals surface area (Å²) in [6, 6.07) is 5.49. The number of hydrogen-bond acceptors (Lipinski definition) is 6. The summed E-state index contributed by atoms with van der Waals surface area (Å²) in [7, 11) is 4.25. The fourth-order valence-corrected chi connectivity index (χ4v) is 2.17. The van der Waals surface area contributed by atoms with Crippen LogP contribution in [0.4, 0.5) is 0 Å². The van der Waals surface area contributed by atoms with Gasteiger partial charge in [-0.3, -0.25) is 9.89 Å². The number of ether oxygens (including phenoxy) is 3. The minimum Gasteiger partial charge on any atom is -0.493 e. The Morgan fingerprint density at radius 3 is 2.38 bits per heavy atom. The summed E-state index contributed by atoms with van der Waals surface area (Å²) in [5.41, 5.74) is 1.42. The molecule has 2 aromatic rings. The number of benzene rings is 1. The first kappa shape index (κ1) is 17.3. The highest BCUT2D eigenvalue weighted by Gasteiger charge is 2.26. The van der Waals surface area contributed by atoms with Crippen molar-refractivity contribution in [2.24, 2.45) is 0 Å². The standard InChI is InChI=1S/C16H19N3O5/c1-9-7-11(19-18-9)15(20)17-14(16(21)24-4)10-5-6-12(22-2)13(8-10)23-3/h5-8,14H,1-4H3,(H,17,20)(H,18,19). The normalized spacial score (nSPS) is 11.5. The number of amides is 1. The number of esters is 1. The second-order valence-corrected chi connectivity index (χ2v) is 4.98. The van der Waals surface area contributed by atoms with Gasteiger partial charge >= 0.3 is 5.97 Å². The van der Waals surface area contributed by atoms with Crippen LogP contribution in [0, 0.1) is 6.92 Å². The first-order chi connectivity index (χ1) is 11.5. The third-order valence-electron chi connectivity index (χ3n) is 3.39. The molecular formula is C16H19N3O5. The average molecular weight is 333 g/mol. The molecule has 0 fully saturated rings. The van der Waals surface area contributed by atoms with E-state index in [0.717, 1.165) is 5.69 Å². The summed E-state index contributed by atoms with van der Waals surface area (Å²) in [6.07, 6.45) is 0. The number of methoxy groups -OCH3 is 3. The Morgan fingerprint density at radius 1 is 1.12 bits per heavy atom. The van der Waals surface area contributed by atoms with Crippen LogP contribution < -0.4 is 14.8 Å². The topological polar surface area (TPSA) is 103 Å². The number of carbonyl (C=O) groups is 2. The maximum Gasteiger partial charge on any atom is 0.333 e. The number of nitrogens with zero attached hydrogens (tertiary/aromatic N) is 1. The molecule has 1 amide bonds. The van der Waals surface area contributed by atoms with Crippen molar-refractivity contribution in [2.75, 3.05) is 21.3 Å². The molecule has 1 aromatic carbocycles. The minimum absolute atomic E-state index is 0.182. The molecule has 2 N–H and O–H groups in total. The maximum atomic E-state index is 12.3. The molecule has 0 spiro atoms. The Morgan fingerprint density at radius 2 is 1.83 bits per heavy atom. The van der Waals surface area contributed by atoms with Crippen molar-refractivity contribution in [3.8, 4) is 11.5 Å². The largest absolute Gasteiger partial charge is 0.493 e. The Hall–Kier alpha value is -3.03. The van der Waals surface area contributed by atoms with E-state index < -0.39 is 17.9 Å². The molecule has 0 saturated heterocycles. The lowest BCUT2D eigenvalue weighted by atomic mass is 10.1. The number of hydrogen-bond donors (Lipinski definition) is 2. The van der Waals surface area contributed by atoms with Gasteiger partial charge in [-0.05, 0) is 30.7 Å². The third-order valence-corrected chi connectivity index (χ3v) is 3.39. The summed E-state index contributed by atoms with van der Waals surface area (Å²) in [5.74, 6) is -0.153. The van der Waals surface area contributed by atoms with E-state index in [1.165, 1.54) is 21.3 Å². The number of aromatic amines is 1. The summed E-state index contributed by atoms with van der Waals surface area (Å²) in [5, 5.41) is 9.16. The Bertz CT molecular complexity index is 741. The van der Waals surface area contributed by atoms with Crippen LogP contribution in [0.2, 0.25) is 0 Å². The van der Waals surface area contributed by atoms with Crippen LogP contribution in [0.15, 0.2) is 24.3 Å². The molecule has 0 bridgehead atoms. The molecule has 2 rings (SSSR count). The van der Waals surface area contributed by atoms with Crippen molar-refractivity contribution in [2.45, 2.75) is 13.0 Å². The van der Waals surface area contributed by atoms with Gasteiger partial charge in [-0.25, -0.2) is 4.79 Å². The lowest BCUT2D eigenvalue weighted by Gasteiger charge is -2.18. The molecule has 0 radical (unpaired) electrons. The predicted molar refractivity (Wildman–Crippen MR) is 85.1 cm³/mol. The summed E-state index contributed by atoms with van der Waals surface area (Å²) in [4.78, 5) is 24.4. The first-order valence-electron chi connectivity index (χ1n) is 7.12. The van der Waals surface area contributed by atoms with E-state index in [-0.39, 0.29) is 5.69 Å². The van der Waals surface area contributed by atoms with Gasteiger partial charge in [0.1, 0.15) is 5.69 Å². The van der Waals surface area contributed by atoms with E-state index in [2.05, 4.69) is 15.5 Å². The Labute approximate surface area is 139 Å². The zero-order chi connectivity index (χ0) is 17.7. The monoisotopic (exact) mass is 333 g/mol. The van der Waals surface area contributed by atoms with E-state index >= 15 is 0 Å². The van der Waals surface area contributed by atoms with Crippen LogP contribution >= 0.6 is 0 Å². The number of aromatic nitrogens is 2. The van der Waals surface area contributed by atoms with Crippen LogP contribution in [0.5, 0.6) is 11.5 Å². The van der Waals surface area contributed by atoms with Crippen molar-refractivity contribution in [1.29, 1.82) is 0 Å². The van der Waals surface area contributed by atoms with Crippen LogP contribution in [0.25, 0.3) is 0 Å². The van der Waals surface area contributed by atoms with Gasteiger partial charge in [0.15, 0.2) is 17.5 Å². The fraction of sp³-hybridized carbons (Fsp3) is 0.312. The second kappa shape index (κ2) is 7.49. The van der Waals surface area contributed by atoms with Gasteiger partial charge in [0, 0.05) is 5.69 Å². The summed E-state index contributed by atoms with van der Waals surface area (Å²) in [6.45, 7) is 1.77. The van der Waals surface area contributed by atoms with Crippen LogP contribution in [0.1, 0.15) is 27.8 Å². The average Bonchev–Trinajstić information content (AvgIpc) is 3.04. The van der Waals surface area contributed by atoms with Crippen LogP contribution in [0.3, 0.4) is 0 Å². The van der Waals surface area contributed by atoms with Gasteiger partial charge in [-0.2, -0.15) is 5.10 Å². The molecule has 1 unspecified atom stereocenters. The molecule has 1 atom stereocenters. The molecule has 8 heteroatoms. The third kappa shape index (κ3) is 3.65. The molecule has 0 aliphatic carbocycles. The quantitative estimate of drug-likeness (QED) is 0.774. The predicted octanol–water partition coefficient (Wildman–Crippen LogP) is 1.38. The molecule has 0 saturated carbocycles. The van der Waals surface area contributed by atoms with Crippen molar-refractivity contribution < 1.29 is 23.8 Å². The van der Waals surface area contributed by atoms with Gasteiger partial charge in [0.2, 0.25) is 0 Å². The van der Waals surface area contributed by atoms with E-state index in [4.69, 9.17) is 14.2 Å². The van der Waals surface area contributed by atoms with Gasteiger partial charge in [0.25, 0.3) is 5.91 Å². The zero-order valence-electron chi connectivity index (χ0n) is 13.9. The zero-order valence-corrected chi connectivity index (χ0v) is 13.9. The molecule has 1 aromatic heterocycles. The highest BCUT2D eigenvalue weighted by molar-refractivity contribution is 5.95. The molecule has 0 aliphatic rings. The lowest BCUT2D eigenvalue weighted by Crippen LogP contribution is -2.34. The molecule has 8 nitrogen and oxygen atoms in total. The van der Waals surface area contributed by atoms with Gasteiger partial charge in [-0.15, -0.1) is 0 Å². The molecule has 0 aliphatic heterocycles. The first-order valence-corrected chi connectivity index (χ1v) is 7.12. The van der Waals surface area contributed by atoms with Gasteiger partial charge in [0.05, 0.1) is 21.3 Å². The fourth-order valence-electron chi connectivity index (χ4n) is 2.17. The maximum absolute atomic E-state index is 12.3. The Balaban J connectivity index is 2.32. The van der Waals surface area contributed by atoms with Gasteiger partial charge in [-0.1, -0.05) is 6.07 Å². The summed E-state index contributed by atoms with van der Waals surface area (Å²) < 4.78 is 15.2. The smallest absolute Gasteiger partial charge is 0.333 e. The second-order valence-electron chi connectivity index (χ2n) is 4.98. The highest BCUT2D eigenvalue weighted by atomic mass is 16.5. The number of rotatable bonds is 6. The summed E-state index contributed by atoms with van der Waals surface area (Å²) >= 11 is 0. The number of aryl methyl sites for hydroxylation is 1. The van der Waals surface area contributed by atoms with Crippen molar-refractivity contribution in [1.82, 2.24) is 15.5 Å². The van der Waals surface area contributed by atoms with E-state index in [1.807, 2.05) is 0 Å². The molecule has 24 heavy (non-hydrogen) atoms. The molecule has 128 valence electrons. The van der Waals surface area contributed by atoms with Crippen molar-refractivity contribution in [3.05, 3.63) is 41.2 Å². The van der Waals surface area contributed by atoms with Crippen LogP contribution in [-0.4, -0.2) is 43.4 Å². The number of H-pyrrole nitrogens is 1. The van der Waals surface area contributed by atoms with E-state index in [9.17, 15) is 9.59 Å². The van der Waals surface area contributed by atoms with Crippen LogP contribution in [-0.2, 0) is 9.53 Å². The highest BCUT2D eigenvalue weighted by Crippen LogP contribution is 2.30.